The quantitative estimate of drug-likeness (QED) is 0.905. The van der Waals surface area contributed by atoms with E-state index < -0.39 is 0 Å². The highest BCUT2D eigenvalue weighted by Gasteiger charge is 2.12. The lowest BCUT2D eigenvalue weighted by Gasteiger charge is -2.14. The van der Waals surface area contributed by atoms with Gasteiger partial charge in [0, 0.05) is 5.69 Å². The summed E-state index contributed by atoms with van der Waals surface area (Å²) in [7, 11) is 3.10. The topological polar surface area (TPSA) is 85.4 Å². The lowest BCUT2D eigenvalue weighted by Crippen LogP contribution is -2.22. The molecule has 7 nitrogen and oxygen atoms in total. The van der Waals surface area contributed by atoms with E-state index >= 15 is 0 Å². The van der Waals surface area contributed by atoms with Gasteiger partial charge in [-0.15, -0.1) is 0 Å². The fourth-order valence-corrected chi connectivity index (χ4v) is 2.13. The van der Waals surface area contributed by atoms with Crippen molar-refractivity contribution in [3.63, 3.8) is 0 Å². The number of benzene rings is 1. The van der Waals surface area contributed by atoms with Crippen molar-refractivity contribution in [1.29, 1.82) is 0 Å². The van der Waals surface area contributed by atoms with Crippen LogP contribution in [0.5, 0.6) is 11.8 Å². The zero-order chi connectivity index (χ0) is 17.0. The van der Waals surface area contributed by atoms with E-state index in [1.807, 2.05) is 13.0 Å². The lowest BCUT2D eigenvalue weighted by molar-refractivity contribution is 0.262. The SMILES string of the molecule is COc1ccc(NC(=O)Nc2c(C)nc(OC)nc2C)c(C)c1. The second kappa shape index (κ2) is 6.95. The van der Waals surface area contributed by atoms with Crippen molar-refractivity contribution in [2.75, 3.05) is 24.9 Å². The number of aryl methyl sites for hydroxylation is 3. The summed E-state index contributed by atoms with van der Waals surface area (Å²) < 4.78 is 10.2. The third-order valence-electron chi connectivity index (χ3n) is 3.35. The second-order valence-electron chi connectivity index (χ2n) is 5.02. The van der Waals surface area contributed by atoms with Crippen LogP contribution in [0.4, 0.5) is 16.2 Å². The van der Waals surface area contributed by atoms with Gasteiger partial charge in [-0.05, 0) is 44.5 Å². The zero-order valence-corrected chi connectivity index (χ0v) is 13.9. The van der Waals surface area contributed by atoms with Crippen LogP contribution in [-0.2, 0) is 0 Å². The van der Waals surface area contributed by atoms with Crippen LogP contribution < -0.4 is 20.1 Å². The van der Waals surface area contributed by atoms with Crippen molar-refractivity contribution < 1.29 is 14.3 Å². The summed E-state index contributed by atoms with van der Waals surface area (Å²) in [6.07, 6.45) is 0. The molecule has 0 aliphatic rings. The van der Waals surface area contributed by atoms with Crippen LogP contribution in [0, 0.1) is 20.8 Å². The van der Waals surface area contributed by atoms with Crippen molar-refractivity contribution in [3.05, 3.63) is 35.2 Å². The molecular weight excluding hydrogens is 296 g/mol. The Morgan fingerprint density at radius 2 is 1.65 bits per heavy atom. The first kappa shape index (κ1) is 16.5. The van der Waals surface area contributed by atoms with E-state index in [1.165, 1.54) is 7.11 Å². The summed E-state index contributed by atoms with van der Waals surface area (Å²) in [4.78, 5) is 20.5. The van der Waals surface area contributed by atoms with Gasteiger partial charge in [0.2, 0.25) is 0 Å². The first-order valence-electron chi connectivity index (χ1n) is 7.06. The number of nitrogens with zero attached hydrogens (tertiary/aromatic N) is 2. The van der Waals surface area contributed by atoms with Gasteiger partial charge < -0.3 is 20.1 Å². The third-order valence-corrected chi connectivity index (χ3v) is 3.35. The minimum atomic E-state index is -0.363. The molecule has 0 bridgehead atoms. The molecule has 0 atom stereocenters. The number of anilines is 2. The highest BCUT2D eigenvalue weighted by atomic mass is 16.5. The molecule has 0 saturated carbocycles. The van der Waals surface area contributed by atoms with E-state index in [0.29, 0.717) is 22.8 Å². The molecule has 23 heavy (non-hydrogen) atoms. The Hall–Kier alpha value is -2.83. The van der Waals surface area contributed by atoms with Gasteiger partial charge >= 0.3 is 12.0 Å². The largest absolute Gasteiger partial charge is 0.497 e. The molecule has 2 aromatic rings. The predicted octanol–water partition coefficient (Wildman–Crippen LogP) is 3.06. The van der Waals surface area contributed by atoms with E-state index in [9.17, 15) is 4.79 Å². The molecule has 0 unspecified atom stereocenters. The molecule has 7 heteroatoms. The normalized spacial score (nSPS) is 10.1. The summed E-state index contributed by atoms with van der Waals surface area (Å²) >= 11 is 0. The summed E-state index contributed by atoms with van der Waals surface area (Å²) in [5.41, 5.74) is 3.44. The van der Waals surface area contributed by atoms with Gasteiger partial charge in [-0.1, -0.05) is 0 Å². The molecule has 0 saturated heterocycles. The number of amides is 2. The molecule has 0 radical (unpaired) electrons. The van der Waals surface area contributed by atoms with E-state index in [2.05, 4.69) is 20.6 Å². The van der Waals surface area contributed by atoms with Crippen molar-refractivity contribution >= 4 is 17.4 Å². The Labute approximate surface area is 135 Å². The molecule has 122 valence electrons. The van der Waals surface area contributed by atoms with E-state index in [-0.39, 0.29) is 12.0 Å². The molecule has 1 aromatic carbocycles. The molecule has 0 aliphatic heterocycles. The Kier molecular flexibility index (Phi) is 5.00. The summed E-state index contributed by atoms with van der Waals surface area (Å²) in [6, 6.07) is 5.34. The van der Waals surface area contributed by atoms with Crippen LogP contribution in [0.1, 0.15) is 17.0 Å². The lowest BCUT2D eigenvalue weighted by atomic mass is 10.2. The number of ether oxygens (including phenoxy) is 2. The van der Waals surface area contributed by atoms with Crippen LogP contribution in [0.2, 0.25) is 0 Å². The second-order valence-corrected chi connectivity index (χ2v) is 5.02. The van der Waals surface area contributed by atoms with E-state index in [0.717, 1.165) is 11.3 Å². The average Bonchev–Trinajstić information content (AvgIpc) is 2.52. The average molecular weight is 316 g/mol. The summed E-state index contributed by atoms with van der Waals surface area (Å²) in [5, 5.41) is 5.57. The first-order valence-corrected chi connectivity index (χ1v) is 7.06. The molecule has 0 fully saturated rings. The number of aromatic nitrogens is 2. The maximum Gasteiger partial charge on any atom is 0.323 e. The number of hydrogen-bond donors (Lipinski definition) is 2. The van der Waals surface area contributed by atoms with E-state index in [4.69, 9.17) is 9.47 Å². The van der Waals surface area contributed by atoms with Crippen molar-refractivity contribution in [2.24, 2.45) is 0 Å². The van der Waals surface area contributed by atoms with E-state index in [1.54, 1.807) is 33.1 Å². The van der Waals surface area contributed by atoms with Crippen LogP contribution >= 0.6 is 0 Å². The highest BCUT2D eigenvalue weighted by molar-refractivity contribution is 6.00. The van der Waals surface area contributed by atoms with Crippen molar-refractivity contribution in [3.8, 4) is 11.8 Å². The Balaban J connectivity index is 2.14. The highest BCUT2D eigenvalue weighted by Crippen LogP contribution is 2.22. The van der Waals surface area contributed by atoms with Crippen LogP contribution in [-0.4, -0.2) is 30.2 Å². The molecule has 2 amide bonds. The first-order chi connectivity index (χ1) is 10.9. The monoisotopic (exact) mass is 316 g/mol. The van der Waals surface area contributed by atoms with Crippen molar-refractivity contribution in [2.45, 2.75) is 20.8 Å². The van der Waals surface area contributed by atoms with Gasteiger partial charge in [-0.25, -0.2) is 4.79 Å². The molecule has 0 spiro atoms. The number of urea groups is 1. The number of rotatable bonds is 4. The standard InChI is InChI=1S/C16H20N4O3/c1-9-8-12(22-4)6-7-13(9)19-15(21)20-14-10(2)17-16(23-5)18-11(14)3/h6-8H,1-5H3,(H2,19,20,21). The predicted molar refractivity (Wildman–Crippen MR) is 88.4 cm³/mol. The number of methoxy groups -OCH3 is 2. The molecule has 2 N–H and O–H groups in total. The van der Waals surface area contributed by atoms with Gasteiger partial charge in [0.25, 0.3) is 0 Å². The fourth-order valence-electron chi connectivity index (χ4n) is 2.13. The molecule has 2 rings (SSSR count). The number of carbonyl (C=O) groups excluding carboxylic acids is 1. The molecule has 1 heterocycles. The van der Waals surface area contributed by atoms with Gasteiger partial charge in [0.05, 0.1) is 31.3 Å². The summed E-state index contributed by atoms with van der Waals surface area (Å²) in [6.45, 7) is 5.46. The Morgan fingerprint density at radius 3 is 2.17 bits per heavy atom. The number of nitrogens with one attached hydrogen (secondary N) is 2. The third kappa shape index (κ3) is 3.88. The van der Waals surface area contributed by atoms with Gasteiger partial charge in [0.15, 0.2) is 0 Å². The van der Waals surface area contributed by atoms with Crippen LogP contribution in [0.25, 0.3) is 0 Å². The number of carbonyl (C=O) groups is 1. The smallest absolute Gasteiger partial charge is 0.323 e. The Bertz CT molecular complexity index is 708. The minimum Gasteiger partial charge on any atom is -0.497 e. The van der Waals surface area contributed by atoms with Crippen LogP contribution in [0.3, 0.4) is 0 Å². The fraction of sp³-hybridized carbons (Fsp3) is 0.312. The zero-order valence-electron chi connectivity index (χ0n) is 13.9. The molecular formula is C16H20N4O3. The maximum atomic E-state index is 12.2. The number of hydrogen-bond acceptors (Lipinski definition) is 5. The minimum absolute atomic E-state index is 0.275. The Morgan fingerprint density at radius 1 is 1.00 bits per heavy atom. The summed E-state index contributed by atoms with van der Waals surface area (Å²) in [5.74, 6) is 0.740. The van der Waals surface area contributed by atoms with Crippen LogP contribution in [0.15, 0.2) is 18.2 Å². The molecule has 1 aromatic heterocycles. The van der Waals surface area contributed by atoms with Gasteiger partial charge in [0.1, 0.15) is 5.75 Å². The van der Waals surface area contributed by atoms with Crippen molar-refractivity contribution in [1.82, 2.24) is 9.97 Å². The van der Waals surface area contributed by atoms with Gasteiger partial charge in [-0.2, -0.15) is 9.97 Å². The molecule has 0 aliphatic carbocycles. The van der Waals surface area contributed by atoms with Gasteiger partial charge in [-0.3, -0.25) is 0 Å². The maximum absolute atomic E-state index is 12.2.